The number of nitrogens with zero attached hydrogens (tertiary/aromatic N) is 1. The molecule has 3 rings (SSSR count). The van der Waals surface area contributed by atoms with Crippen molar-refractivity contribution in [1.82, 2.24) is 5.32 Å². The van der Waals surface area contributed by atoms with Crippen LogP contribution >= 0.6 is 0 Å². The van der Waals surface area contributed by atoms with Crippen molar-refractivity contribution in [3.8, 4) is 5.75 Å². The summed E-state index contributed by atoms with van der Waals surface area (Å²) >= 11 is 0. The van der Waals surface area contributed by atoms with Gasteiger partial charge < -0.3 is 10.1 Å². The highest BCUT2D eigenvalue weighted by molar-refractivity contribution is 5.95. The number of hydrogen-bond donors (Lipinski definition) is 1. The van der Waals surface area contributed by atoms with Gasteiger partial charge in [0.15, 0.2) is 6.04 Å². The smallest absolute Gasteiger partial charge is 0.413 e. The number of anilines is 1. The van der Waals surface area contributed by atoms with Crippen LogP contribution in [-0.4, -0.2) is 19.3 Å². The number of alkyl halides is 3. The lowest BCUT2D eigenvalue weighted by atomic mass is 9.94. The summed E-state index contributed by atoms with van der Waals surface area (Å²) in [5, 5.41) is 2.11. The minimum atomic E-state index is -4.56. The topological polar surface area (TPSA) is 41.6 Å². The SMILES string of the molecule is COc1ccc(CN2C(=O)N[C@@H](C(F)(F)F)c3cc(C(C)C)ccc32)cc1. The van der Waals surface area contributed by atoms with Crippen LogP contribution in [0.3, 0.4) is 0 Å². The van der Waals surface area contributed by atoms with Crippen LogP contribution in [0.1, 0.15) is 42.5 Å². The number of amides is 2. The molecule has 2 aromatic rings. The van der Waals surface area contributed by atoms with Crippen LogP contribution in [0, 0.1) is 0 Å². The Morgan fingerprint density at radius 1 is 1.15 bits per heavy atom. The highest BCUT2D eigenvalue weighted by atomic mass is 19.4. The molecule has 0 spiro atoms. The molecule has 1 aliphatic rings. The zero-order chi connectivity index (χ0) is 19.8. The summed E-state index contributed by atoms with van der Waals surface area (Å²) in [6.07, 6.45) is -4.56. The summed E-state index contributed by atoms with van der Waals surface area (Å²) in [4.78, 5) is 13.8. The first kappa shape index (κ1) is 19.1. The van der Waals surface area contributed by atoms with Gasteiger partial charge in [0.2, 0.25) is 0 Å². The summed E-state index contributed by atoms with van der Waals surface area (Å²) in [7, 11) is 1.55. The third kappa shape index (κ3) is 3.86. The maximum atomic E-state index is 13.5. The second kappa shape index (κ2) is 7.13. The van der Waals surface area contributed by atoms with Crippen molar-refractivity contribution in [3.63, 3.8) is 0 Å². The molecule has 144 valence electrons. The minimum Gasteiger partial charge on any atom is -0.497 e. The summed E-state index contributed by atoms with van der Waals surface area (Å²) in [6.45, 7) is 4.00. The Morgan fingerprint density at radius 2 is 1.81 bits per heavy atom. The number of nitrogens with one attached hydrogen (secondary N) is 1. The Kier molecular flexibility index (Phi) is 5.04. The van der Waals surface area contributed by atoms with Crippen molar-refractivity contribution in [2.45, 2.75) is 38.5 Å². The average molecular weight is 378 g/mol. The number of carbonyl (C=O) groups is 1. The summed E-state index contributed by atoms with van der Waals surface area (Å²) in [5.74, 6) is 0.748. The van der Waals surface area contributed by atoms with Crippen LogP contribution in [-0.2, 0) is 6.54 Å². The number of fused-ring (bicyclic) bond motifs is 1. The van der Waals surface area contributed by atoms with Crippen molar-refractivity contribution in [1.29, 1.82) is 0 Å². The predicted molar refractivity (Wildman–Crippen MR) is 97.0 cm³/mol. The van der Waals surface area contributed by atoms with Crippen molar-refractivity contribution >= 4 is 11.7 Å². The van der Waals surface area contributed by atoms with Crippen molar-refractivity contribution in [2.75, 3.05) is 12.0 Å². The molecule has 1 heterocycles. The second-order valence-electron chi connectivity index (χ2n) is 6.83. The lowest BCUT2D eigenvalue weighted by molar-refractivity contribution is -0.155. The number of urea groups is 1. The number of hydrogen-bond acceptors (Lipinski definition) is 2. The highest BCUT2D eigenvalue weighted by Gasteiger charge is 2.47. The molecule has 1 aliphatic heterocycles. The Morgan fingerprint density at radius 3 is 2.37 bits per heavy atom. The first-order chi connectivity index (χ1) is 12.7. The normalized spacial score (nSPS) is 16.9. The Bertz CT molecular complexity index is 832. The summed E-state index contributed by atoms with van der Waals surface area (Å²) < 4.78 is 45.7. The molecule has 0 saturated carbocycles. The number of methoxy groups -OCH3 is 1. The van der Waals surface area contributed by atoms with Crippen LogP contribution < -0.4 is 15.0 Å². The molecule has 0 fully saturated rings. The van der Waals surface area contributed by atoms with Crippen molar-refractivity contribution in [2.24, 2.45) is 0 Å². The van der Waals surface area contributed by atoms with Gasteiger partial charge in [-0.2, -0.15) is 13.2 Å². The monoisotopic (exact) mass is 378 g/mol. The van der Waals surface area contributed by atoms with Gasteiger partial charge in [0.25, 0.3) is 0 Å². The van der Waals surface area contributed by atoms with Gasteiger partial charge in [-0.05, 0) is 35.2 Å². The molecular formula is C20H21F3N2O2. The van der Waals surface area contributed by atoms with E-state index in [1.807, 2.05) is 13.8 Å². The van der Waals surface area contributed by atoms with E-state index in [0.717, 1.165) is 11.1 Å². The molecule has 4 nitrogen and oxygen atoms in total. The number of benzene rings is 2. The van der Waals surface area contributed by atoms with Gasteiger partial charge in [0, 0.05) is 5.56 Å². The second-order valence-corrected chi connectivity index (χ2v) is 6.83. The molecule has 0 bridgehead atoms. The van der Waals surface area contributed by atoms with E-state index in [1.54, 1.807) is 49.6 Å². The third-order valence-electron chi connectivity index (χ3n) is 4.66. The molecule has 7 heteroatoms. The lowest BCUT2D eigenvalue weighted by Gasteiger charge is -2.36. The number of carbonyl (C=O) groups excluding carboxylic acids is 1. The van der Waals surface area contributed by atoms with Gasteiger partial charge in [-0.3, -0.25) is 4.90 Å². The fourth-order valence-electron chi connectivity index (χ4n) is 3.13. The zero-order valence-electron chi connectivity index (χ0n) is 15.3. The Hall–Kier alpha value is -2.70. The van der Waals surface area contributed by atoms with E-state index >= 15 is 0 Å². The van der Waals surface area contributed by atoms with Gasteiger partial charge in [0.1, 0.15) is 5.75 Å². The van der Waals surface area contributed by atoms with E-state index in [4.69, 9.17) is 4.74 Å². The molecule has 0 unspecified atom stereocenters. The first-order valence-electron chi connectivity index (χ1n) is 8.62. The molecule has 1 atom stereocenters. The van der Waals surface area contributed by atoms with Gasteiger partial charge in [-0.1, -0.05) is 38.1 Å². The summed E-state index contributed by atoms with van der Waals surface area (Å²) in [5.41, 5.74) is 1.93. The maximum Gasteiger partial charge on any atom is 0.413 e. The maximum absolute atomic E-state index is 13.5. The predicted octanol–water partition coefficient (Wildman–Crippen LogP) is 5.15. The standard InChI is InChI=1S/C20H21F3N2O2/c1-12(2)14-6-9-17-16(10-14)18(20(21,22)23)24-19(26)25(17)11-13-4-7-15(27-3)8-5-13/h4-10,12,18H,11H2,1-3H3,(H,24,26)/t18-/m1/s1. The summed E-state index contributed by atoms with van der Waals surface area (Å²) in [6, 6.07) is 9.20. The molecule has 2 aromatic carbocycles. The molecular weight excluding hydrogens is 357 g/mol. The quantitative estimate of drug-likeness (QED) is 0.799. The van der Waals surface area contributed by atoms with E-state index in [1.165, 1.54) is 4.90 Å². The largest absolute Gasteiger partial charge is 0.497 e. The van der Waals surface area contributed by atoms with E-state index in [9.17, 15) is 18.0 Å². The van der Waals surface area contributed by atoms with Crippen LogP contribution in [0.2, 0.25) is 0 Å². The van der Waals surface area contributed by atoms with Crippen molar-refractivity contribution < 1.29 is 22.7 Å². The molecule has 2 amide bonds. The van der Waals surface area contributed by atoms with E-state index < -0.39 is 18.2 Å². The molecule has 1 N–H and O–H groups in total. The van der Waals surface area contributed by atoms with Gasteiger partial charge in [0.05, 0.1) is 19.3 Å². The van der Waals surface area contributed by atoms with Gasteiger partial charge >= 0.3 is 12.2 Å². The third-order valence-corrected chi connectivity index (χ3v) is 4.66. The molecule has 0 saturated heterocycles. The van der Waals surface area contributed by atoms with E-state index in [0.29, 0.717) is 5.75 Å². The van der Waals surface area contributed by atoms with Gasteiger partial charge in [-0.25, -0.2) is 4.79 Å². The van der Waals surface area contributed by atoms with Crippen LogP contribution in [0.15, 0.2) is 42.5 Å². The molecule has 0 aromatic heterocycles. The van der Waals surface area contributed by atoms with Gasteiger partial charge in [-0.15, -0.1) is 0 Å². The Labute approximate surface area is 155 Å². The van der Waals surface area contributed by atoms with E-state index in [-0.39, 0.29) is 23.7 Å². The fourth-order valence-corrected chi connectivity index (χ4v) is 3.13. The van der Waals surface area contributed by atoms with Crippen LogP contribution in [0.4, 0.5) is 23.7 Å². The number of ether oxygens (including phenoxy) is 1. The zero-order valence-corrected chi connectivity index (χ0v) is 15.3. The van der Waals surface area contributed by atoms with E-state index in [2.05, 4.69) is 5.32 Å². The number of halogens is 3. The molecule has 0 aliphatic carbocycles. The fraction of sp³-hybridized carbons (Fsp3) is 0.350. The van der Waals surface area contributed by atoms with Crippen LogP contribution in [0.25, 0.3) is 0 Å². The average Bonchev–Trinajstić information content (AvgIpc) is 2.63. The molecule has 27 heavy (non-hydrogen) atoms. The lowest BCUT2D eigenvalue weighted by Crippen LogP contribution is -2.50. The Balaban J connectivity index is 2.01. The highest BCUT2D eigenvalue weighted by Crippen LogP contribution is 2.42. The molecule has 0 radical (unpaired) electrons. The first-order valence-corrected chi connectivity index (χ1v) is 8.62. The minimum absolute atomic E-state index is 0.0711. The van der Waals surface area contributed by atoms with Crippen molar-refractivity contribution in [3.05, 3.63) is 59.2 Å². The number of rotatable bonds is 4. The van der Waals surface area contributed by atoms with Crippen LogP contribution in [0.5, 0.6) is 5.75 Å².